The van der Waals surface area contributed by atoms with E-state index < -0.39 is 36.0 Å². The third kappa shape index (κ3) is 4.35. The fourth-order valence-electron chi connectivity index (χ4n) is 2.47. The van der Waals surface area contributed by atoms with Crippen LogP contribution in [0.15, 0.2) is 24.3 Å². The number of halogens is 9. The number of hydrogen-bond donors (Lipinski definition) is 1. The molecule has 0 saturated carbocycles. The van der Waals surface area contributed by atoms with Crippen molar-refractivity contribution in [2.24, 2.45) is 0 Å². The van der Waals surface area contributed by atoms with Crippen LogP contribution in [-0.2, 0) is 5.60 Å². The van der Waals surface area contributed by atoms with Crippen molar-refractivity contribution < 1.29 is 44.6 Å². The molecule has 10 heteroatoms. The molecule has 0 bridgehead atoms. The molecule has 1 rings (SSSR count). The molecule has 0 radical (unpaired) electrons. The molecule has 0 fully saturated rings. The maximum atomic E-state index is 13.8. The Morgan fingerprint density at radius 1 is 0.926 bits per heavy atom. The average Bonchev–Trinajstić information content (AvgIpc) is 2.51. The molecule has 156 valence electrons. The van der Waals surface area contributed by atoms with Gasteiger partial charge in [-0.15, -0.1) is 0 Å². The van der Waals surface area contributed by atoms with Crippen LogP contribution in [0.4, 0.5) is 39.5 Å². The number of alkyl halides is 9. The summed E-state index contributed by atoms with van der Waals surface area (Å²) in [5.41, 5.74) is -2.52. The third-order valence-corrected chi connectivity index (χ3v) is 4.47. The lowest BCUT2D eigenvalue weighted by molar-refractivity contribution is -0.400. The van der Waals surface area contributed by atoms with Gasteiger partial charge in [-0.25, -0.2) is 0 Å². The quantitative estimate of drug-likeness (QED) is 0.526. The first-order chi connectivity index (χ1) is 11.9. The Morgan fingerprint density at radius 2 is 1.44 bits per heavy atom. The van der Waals surface area contributed by atoms with Crippen LogP contribution in [0.3, 0.4) is 0 Å². The molecule has 0 aliphatic rings. The highest BCUT2D eigenvalue weighted by Gasteiger charge is 2.81. The summed E-state index contributed by atoms with van der Waals surface area (Å²) in [6.07, 6.45) is -8.59. The van der Waals surface area contributed by atoms with E-state index in [-0.39, 0.29) is 11.5 Å². The molecule has 2 unspecified atom stereocenters. The Bertz CT molecular complexity index is 650. The van der Waals surface area contributed by atoms with Crippen LogP contribution < -0.4 is 0 Å². The molecule has 1 N–H and O–H groups in total. The number of hydrogen-bond acceptors (Lipinski definition) is 1. The summed E-state index contributed by atoms with van der Waals surface area (Å²) < 4.78 is 117. The molecular weight excluding hydrogens is 391 g/mol. The second-order valence-corrected chi connectivity index (χ2v) is 6.74. The van der Waals surface area contributed by atoms with E-state index in [2.05, 4.69) is 0 Å². The highest BCUT2D eigenvalue weighted by molar-refractivity contribution is 5.30. The second kappa shape index (κ2) is 7.18. The monoisotopic (exact) mass is 410 g/mol. The molecule has 1 nitrogen and oxygen atoms in total. The van der Waals surface area contributed by atoms with Gasteiger partial charge in [-0.1, -0.05) is 38.1 Å². The Morgan fingerprint density at radius 3 is 1.89 bits per heavy atom. The number of benzene rings is 1. The van der Waals surface area contributed by atoms with E-state index in [0.717, 1.165) is 6.07 Å². The Kier molecular flexibility index (Phi) is 6.27. The first-order valence-electron chi connectivity index (χ1n) is 7.93. The van der Waals surface area contributed by atoms with Gasteiger partial charge in [0.1, 0.15) is 0 Å². The topological polar surface area (TPSA) is 20.2 Å². The van der Waals surface area contributed by atoms with Gasteiger partial charge in [0.25, 0.3) is 0 Å². The molecular formula is C17H19F9O. The van der Waals surface area contributed by atoms with Crippen molar-refractivity contribution in [1.29, 1.82) is 0 Å². The van der Waals surface area contributed by atoms with Gasteiger partial charge in [0.15, 0.2) is 0 Å². The average molecular weight is 410 g/mol. The van der Waals surface area contributed by atoms with E-state index in [1.165, 1.54) is 12.1 Å². The van der Waals surface area contributed by atoms with Gasteiger partial charge in [0.05, 0.1) is 12.0 Å². The molecule has 0 aliphatic heterocycles. The molecule has 0 heterocycles. The lowest BCUT2D eigenvalue weighted by atomic mass is 9.84. The minimum Gasteiger partial charge on any atom is -0.385 e. The maximum Gasteiger partial charge on any atom is 0.460 e. The smallest absolute Gasteiger partial charge is 0.385 e. The fraction of sp³-hybridized carbons (Fsp3) is 0.647. The summed E-state index contributed by atoms with van der Waals surface area (Å²) >= 11 is 0. The zero-order valence-electron chi connectivity index (χ0n) is 14.6. The number of aliphatic hydroxyl groups is 1. The van der Waals surface area contributed by atoms with E-state index in [1.54, 1.807) is 13.0 Å². The molecule has 1 aromatic rings. The minimum absolute atomic E-state index is 0.0859. The molecule has 0 spiro atoms. The highest BCUT2D eigenvalue weighted by atomic mass is 19.4. The van der Waals surface area contributed by atoms with E-state index >= 15 is 0 Å². The van der Waals surface area contributed by atoms with Crippen LogP contribution in [0.1, 0.15) is 50.7 Å². The van der Waals surface area contributed by atoms with Gasteiger partial charge in [-0.05, 0) is 30.4 Å². The minimum atomic E-state index is -6.97. The van der Waals surface area contributed by atoms with E-state index in [9.17, 15) is 44.6 Å². The summed E-state index contributed by atoms with van der Waals surface area (Å²) in [4.78, 5) is 0. The standard InChI is InChI=1S/C17H19F9O/c1-4-10(2)11-6-5-7-12(8-11)13(3,27)9-14(18,19)15(20,21)16(22,23)17(24,25)26/h5-8,10,27H,4,9H2,1-3H3. The lowest BCUT2D eigenvalue weighted by Gasteiger charge is -2.37. The summed E-state index contributed by atoms with van der Waals surface area (Å²) in [5.74, 6) is -19.7. The molecule has 1 aromatic carbocycles. The number of rotatable bonds is 7. The molecule has 0 aromatic heterocycles. The zero-order valence-corrected chi connectivity index (χ0v) is 14.6. The largest absolute Gasteiger partial charge is 0.460 e. The van der Waals surface area contributed by atoms with Crippen LogP contribution in [0, 0.1) is 0 Å². The predicted molar refractivity (Wildman–Crippen MR) is 80.2 cm³/mol. The van der Waals surface area contributed by atoms with Crippen LogP contribution in [-0.4, -0.2) is 29.1 Å². The predicted octanol–water partition coefficient (Wildman–Crippen LogP) is 6.27. The summed E-state index contributed by atoms with van der Waals surface area (Å²) in [6, 6.07) is 5.25. The Labute approximate surface area is 150 Å². The zero-order chi connectivity index (χ0) is 21.5. The second-order valence-electron chi connectivity index (χ2n) is 6.74. The Hall–Kier alpha value is -1.45. The molecule has 2 atom stereocenters. The SMILES string of the molecule is CCC(C)c1cccc(C(C)(O)CC(F)(F)C(F)(F)C(F)(F)C(F)(F)F)c1. The van der Waals surface area contributed by atoms with Crippen molar-refractivity contribution in [3.8, 4) is 0 Å². The van der Waals surface area contributed by atoms with Crippen LogP contribution in [0.25, 0.3) is 0 Å². The van der Waals surface area contributed by atoms with Gasteiger partial charge in [-0.2, -0.15) is 39.5 Å². The van der Waals surface area contributed by atoms with Gasteiger partial charge in [0.2, 0.25) is 0 Å². The molecule has 0 saturated heterocycles. The van der Waals surface area contributed by atoms with E-state index in [1.807, 2.05) is 6.92 Å². The first-order valence-corrected chi connectivity index (χ1v) is 7.93. The van der Waals surface area contributed by atoms with Crippen molar-refractivity contribution in [3.63, 3.8) is 0 Å². The summed E-state index contributed by atoms with van der Waals surface area (Å²) in [5, 5.41) is 10.2. The molecule has 0 aliphatic carbocycles. The summed E-state index contributed by atoms with van der Waals surface area (Å²) in [7, 11) is 0. The molecule has 27 heavy (non-hydrogen) atoms. The normalized spacial score (nSPS) is 17.5. The van der Waals surface area contributed by atoms with Crippen molar-refractivity contribution in [2.75, 3.05) is 0 Å². The fourth-order valence-corrected chi connectivity index (χ4v) is 2.47. The van der Waals surface area contributed by atoms with Gasteiger partial charge < -0.3 is 5.11 Å². The first kappa shape index (κ1) is 23.6. The third-order valence-electron chi connectivity index (χ3n) is 4.47. The van der Waals surface area contributed by atoms with Crippen molar-refractivity contribution in [3.05, 3.63) is 35.4 Å². The maximum absolute atomic E-state index is 13.8. The van der Waals surface area contributed by atoms with Crippen molar-refractivity contribution >= 4 is 0 Å². The van der Waals surface area contributed by atoms with Gasteiger partial charge >= 0.3 is 23.9 Å². The Balaban J connectivity index is 3.27. The van der Waals surface area contributed by atoms with Gasteiger partial charge in [0, 0.05) is 0 Å². The van der Waals surface area contributed by atoms with E-state index in [0.29, 0.717) is 18.9 Å². The van der Waals surface area contributed by atoms with Crippen molar-refractivity contribution in [2.45, 2.75) is 69.1 Å². The van der Waals surface area contributed by atoms with Crippen molar-refractivity contribution in [1.82, 2.24) is 0 Å². The van der Waals surface area contributed by atoms with Crippen LogP contribution in [0.5, 0.6) is 0 Å². The highest BCUT2D eigenvalue weighted by Crippen LogP contribution is 2.55. The van der Waals surface area contributed by atoms with E-state index in [4.69, 9.17) is 0 Å². The lowest BCUT2D eigenvalue weighted by Crippen LogP contribution is -2.62. The molecule has 0 amide bonds. The van der Waals surface area contributed by atoms with Crippen LogP contribution >= 0.6 is 0 Å². The van der Waals surface area contributed by atoms with Gasteiger partial charge in [-0.3, -0.25) is 0 Å². The van der Waals surface area contributed by atoms with Crippen LogP contribution in [0.2, 0.25) is 0 Å². The summed E-state index contributed by atoms with van der Waals surface area (Å²) in [6.45, 7) is 4.22.